The molecule has 0 radical (unpaired) electrons. The molecule has 9 heteroatoms. The van der Waals surface area contributed by atoms with Gasteiger partial charge in [-0.25, -0.2) is 0 Å². The summed E-state index contributed by atoms with van der Waals surface area (Å²) in [6.45, 7) is 0. The van der Waals surface area contributed by atoms with Gasteiger partial charge in [-0.3, -0.25) is 4.79 Å². The molecule has 136 valence electrons. The molecule has 0 aromatic carbocycles. The van der Waals surface area contributed by atoms with Crippen molar-refractivity contribution in [1.82, 2.24) is 15.5 Å². The summed E-state index contributed by atoms with van der Waals surface area (Å²) in [5.41, 5.74) is 0. The Morgan fingerprint density at radius 3 is 2.96 bits per heavy atom. The van der Waals surface area contributed by atoms with Gasteiger partial charge in [0.1, 0.15) is 0 Å². The molecule has 2 aromatic rings. The Kier molecular flexibility index (Phi) is 5.41. The maximum absolute atomic E-state index is 12.8. The zero-order valence-corrected chi connectivity index (χ0v) is 14.2. The van der Waals surface area contributed by atoms with Gasteiger partial charge >= 0.3 is 6.18 Å². The van der Waals surface area contributed by atoms with Crippen molar-refractivity contribution < 1.29 is 22.5 Å². The maximum atomic E-state index is 12.8. The van der Waals surface area contributed by atoms with Crippen molar-refractivity contribution in [3.05, 3.63) is 23.4 Å². The number of halogens is 3. The molecule has 0 bridgehead atoms. The fourth-order valence-corrected chi connectivity index (χ4v) is 3.65. The third-order valence-electron chi connectivity index (χ3n) is 4.28. The second kappa shape index (κ2) is 7.55. The zero-order chi connectivity index (χ0) is 17.9. The molecule has 1 fully saturated rings. The average molecular weight is 373 g/mol. The molecule has 25 heavy (non-hydrogen) atoms. The quantitative estimate of drug-likeness (QED) is 0.861. The molecule has 2 heterocycles. The molecule has 1 aliphatic rings. The van der Waals surface area contributed by atoms with Crippen LogP contribution in [0, 0.1) is 5.92 Å². The summed E-state index contributed by atoms with van der Waals surface area (Å²) in [6, 6.07) is 3.32. The normalized spacial score (nSPS) is 21.2. The topological polar surface area (TPSA) is 68.0 Å². The van der Waals surface area contributed by atoms with Crippen LogP contribution in [0.1, 0.15) is 38.0 Å². The average Bonchev–Trinajstić information content (AvgIpc) is 3.24. The van der Waals surface area contributed by atoms with E-state index in [0.717, 1.165) is 4.88 Å². The first kappa shape index (κ1) is 17.9. The summed E-state index contributed by atoms with van der Waals surface area (Å²) >= 11 is 1.48. The van der Waals surface area contributed by atoms with Crippen molar-refractivity contribution in [3.63, 3.8) is 0 Å². The van der Waals surface area contributed by atoms with Crippen molar-refractivity contribution in [3.8, 4) is 10.7 Å². The van der Waals surface area contributed by atoms with Crippen molar-refractivity contribution in [1.29, 1.82) is 0 Å². The van der Waals surface area contributed by atoms with Gasteiger partial charge in [0.05, 0.1) is 10.8 Å². The van der Waals surface area contributed by atoms with E-state index in [1.165, 1.54) is 11.3 Å². The Balaban J connectivity index is 1.47. The Hall–Kier alpha value is -1.90. The zero-order valence-electron chi connectivity index (χ0n) is 13.4. The maximum Gasteiger partial charge on any atom is 0.391 e. The molecule has 1 N–H and O–H groups in total. The summed E-state index contributed by atoms with van der Waals surface area (Å²) in [7, 11) is 0. The lowest BCUT2D eigenvalue weighted by Gasteiger charge is -2.31. The van der Waals surface area contributed by atoms with Crippen LogP contribution in [0.4, 0.5) is 13.2 Å². The van der Waals surface area contributed by atoms with Gasteiger partial charge in [0, 0.05) is 18.9 Å². The number of alkyl halides is 3. The van der Waals surface area contributed by atoms with Crippen LogP contribution in [0.25, 0.3) is 10.7 Å². The number of aryl methyl sites for hydroxylation is 1. The van der Waals surface area contributed by atoms with E-state index < -0.39 is 18.1 Å². The number of nitrogens with one attached hydrogen (secondary N) is 1. The smallest absolute Gasteiger partial charge is 0.353 e. The largest absolute Gasteiger partial charge is 0.391 e. The highest BCUT2D eigenvalue weighted by molar-refractivity contribution is 7.13. The van der Waals surface area contributed by atoms with Crippen LogP contribution in [-0.2, 0) is 11.2 Å². The van der Waals surface area contributed by atoms with E-state index in [4.69, 9.17) is 4.52 Å². The molecule has 1 aliphatic carbocycles. The number of rotatable bonds is 5. The lowest BCUT2D eigenvalue weighted by Crippen LogP contribution is -2.41. The minimum atomic E-state index is -4.19. The van der Waals surface area contributed by atoms with Crippen molar-refractivity contribution in [2.45, 2.75) is 50.7 Å². The monoisotopic (exact) mass is 373 g/mol. The minimum absolute atomic E-state index is 0.0433. The molecule has 2 atom stereocenters. The van der Waals surface area contributed by atoms with Gasteiger partial charge in [-0.05, 0) is 30.7 Å². The Bertz CT molecular complexity index is 700. The standard InChI is InChI=1S/C16H18F3N3O2S/c17-16(18,19)10-3-1-4-11(9-10)20-13(23)6-7-14-21-15(22-24-14)12-5-2-8-25-12/h2,5,8,10-11H,1,3-4,6-7,9H2,(H,20,23)/t10-,11+/m0/s1. The van der Waals surface area contributed by atoms with Gasteiger partial charge in [-0.15, -0.1) is 11.3 Å². The first-order chi connectivity index (χ1) is 11.9. The lowest BCUT2D eigenvalue weighted by molar-refractivity contribution is -0.184. The van der Waals surface area contributed by atoms with E-state index >= 15 is 0 Å². The van der Waals surface area contributed by atoms with E-state index in [1.54, 1.807) is 0 Å². The van der Waals surface area contributed by atoms with Crippen molar-refractivity contribution in [2.24, 2.45) is 5.92 Å². The highest BCUT2D eigenvalue weighted by Crippen LogP contribution is 2.37. The number of aromatic nitrogens is 2. The molecule has 2 aromatic heterocycles. The molecule has 0 spiro atoms. The van der Waals surface area contributed by atoms with Gasteiger partial charge in [0.15, 0.2) is 0 Å². The summed E-state index contributed by atoms with van der Waals surface area (Å²) in [4.78, 5) is 17.1. The third-order valence-corrected chi connectivity index (χ3v) is 5.14. The Labute approximate surface area is 146 Å². The molecule has 1 saturated carbocycles. The van der Waals surface area contributed by atoms with Crippen LogP contribution in [0.15, 0.2) is 22.0 Å². The van der Waals surface area contributed by atoms with Crippen molar-refractivity contribution >= 4 is 17.2 Å². The van der Waals surface area contributed by atoms with Gasteiger partial charge in [-0.1, -0.05) is 17.6 Å². The second-order valence-electron chi connectivity index (χ2n) is 6.16. The molecular formula is C16H18F3N3O2S. The van der Waals surface area contributed by atoms with E-state index in [2.05, 4.69) is 15.5 Å². The van der Waals surface area contributed by atoms with E-state index in [1.807, 2.05) is 17.5 Å². The predicted octanol–water partition coefficient (Wildman–Crippen LogP) is 3.97. The van der Waals surface area contributed by atoms with Gasteiger partial charge in [0.25, 0.3) is 0 Å². The Morgan fingerprint density at radius 2 is 2.24 bits per heavy atom. The minimum Gasteiger partial charge on any atom is -0.353 e. The number of carbonyl (C=O) groups is 1. The summed E-state index contributed by atoms with van der Waals surface area (Å²) in [5.74, 6) is -0.791. The number of thiophene rings is 1. The first-order valence-electron chi connectivity index (χ1n) is 8.14. The number of amides is 1. The fraction of sp³-hybridized carbons (Fsp3) is 0.562. The summed E-state index contributed by atoms with van der Waals surface area (Å²) < 4.78 is 43.5. The molecule has 0 saturated heterocycles. The Morgan fingerprint density at radius 1 is 1.40 bits per heavy atom. The van der Waals surface area contributed by atoms with Crippen LogP contribution in [-0.4, -0.2) is 28.3 Å². The summed E-state index contributed by atoms with van der Waals surface area (Å²) in [6.07, 6.45) is -2.66. The van der Waals surface area contributed by atoms with E-state index in [9.17, 15) is 18.0 Å². The van der Waals surface area contributed by atoms with Gasteiger partial charge in [-0.2, -0.15) is 18.2 Å². The molecule has 0 unspecified atom stereocenters. The number of hydrogen-bond acceptors (Lipinski definition) is 5. The predicted molar refractivity (Wildman–Crippen MR) is 85.9 cm³/mol. The second-order valence-corrected chi connectivity index (χ2v) is 7.11. The van der Waals surface area contributed by atoms with Crippen LogP contribution in [0.3, 0.4) is 0 Å². The van der Waals surface area contributed by atoms with Gasteiger partial charge in [0.2, 0.25) is 17.6 Å². The fourth-order valence-electron chi connectivity index (χ4n) is 3.00. The SMILES string of the molecule is O=C(CCc1nc(-c2cccs2)no1)N[C@@H]1CCC[C@H](C(F)(F)F)C1. The molecular weight excluding hydrogens is 355 g/mol. The molecule has 1 amide bonds. The number of hydrogen-bond donors (Lipinski definition) is 1. The van der Waals surface area contributed by atoms with Crippen LogP contribution < -0.4 is 5.32 Å². The number of carbonyl (C=O) groups excluding carboxylic acids is 1. The van der Waals surface area contributed by atoms with Crippen LogP contribution in [0.2, 0.25) is 0 Å². The number of nitrogens with zero attached hydrogens (tertiary/aromatic N) is 2. The third kappa shape index (κ3) is 4.81. The first-order valence-corrected chi connectivity index (χ1v) is 9.02. The highest BCUT2D eigenvalue weighted by Gasteiger charge is 2.42. The molecule has 0 aliphatic heterocycles. The highest BCUT2D eigenvalue weighted by atomic mass is 32.1. The lowest BCUT2D eigenvalue weighted by atomic mass is 9.85. The molecule has 3 rings (SSSR count). The molecule has 5 nitrogen and oxygen atoms in total. The summed E-state index contributed by atoms with van der Waals surface area (Å²) in [5, 5.41) is 8.46. The van der Waals surface area contributed by atoms with Gasteiger partial charge < -0.3 is 9.84 Å². The van der Waals surface area contributed by atoms with Crippen LogP contribution >= 0.6 is 11.3 Å². The van der Waals surface area contributed by atoms with Crippen LogP contribution in [0.5, 0.6) is 0 Å². The van der Waals surface area contributed by atoms with E-state index in [-0.39, 0.29) is 31.6 Å². The van der Waals surface area contributed by atoms with Crippen molar-refractivity contribution in [2.75, 3.05) is 0 Å². The van der Waals surface area contributed by atoms with E-state index in [0.29, 0.717) is 24.6 Å².